The topological polar surface area (TPSA) is 0 Å². The molecule has 126 heavy (non-hydrogen) atoms. The van der Waals surface area contributed by atoms with Crippen molar-refractivity contribution in [2.75, 3.05) is 0 Å². The smallest absolute Gasteiger partial charge is 0.0620 e. The molecule has 0 heterocycles. The first kappa shape index (κ1) is 70.0. The summed E-state index contributed by atoms with van der Waals surface area (Å²) in [7, 11) is 0. The minimum absolute atomic E-state index is 0.925. The molecule has 0 aliphatic heterocycles. The van der Waals surface area contributed by atoms with Gasteiger partial charge in [0, 0.05) is 0 Å². The lowest BCUT2D eigenvalue weighted by molar-refractivity contribution is 0.764. The number of rotatable bonds is 6. The molecule has 0 fully saturated rings. The SMILES string of the molecule is Cc1ccccc1-c1c2ccccc2c(-c2ccc3c(c2)C2(c4ccccc4-c4ccccc42)c2c-3c3c(c4c2-c2ccc(-c5c6ccccc6c(-c6ccccc6C)c6ccccc56)cc2C42c4ccccc4-c4ccccc42)-c2ccc(-c4c5ccccc5c(-c5ccccc5C)c5ccccc45)cc2C32c3ccccc3-c3ccccc32)c2ccccc12. The van der Waals surface area contributed by atoms with Crippen LogP contribution in [-0.4, -0.2) is 0 Å². The van der Waals surface area contributed by atoms with Gasteiger partial charge in [-0.2, -0.15) is 0 Å². The number of aryl methyl sites for hydroxylation is 3. The van der Waals surface area contributed by atoms with Crippen molar-refractivity contribution in [2.45, 2.75) is 37.0 Å². The number of hydrogen-bond donors (Lipinski definition) is 0. The van der Waals surface area contributed by atoms with Crippen LogP contribution in [0.15, 0.2) is 419 Å². The predicted molar refractivity (Wildman–Crippen MR) is 527 cm³/mol. The minimum Gasteiger partial charge on any atom is -0.0620 e. The molecule has 0 N–H and O–H groups in total. The highest BCUT2D eigenvalue weighted by Gasteiger charge is 2.65. The van der Waals surface area contributed by atoms with Crippen LogP contribution < -0.4 is 0 Å². The summed E-state index contributed by atoms with van der Waals surface area (Å²) >= 11 is 0. The van der Waals surface area contributed by atoms with Crippen molar-refractivity contribution in [3.8, 4) is 134 Å². The second-order valence-electron chi connectivity index (χ2n) is 36.0. The molecule has 22 aromatic carbocycles. The van der Waals surface area contributed by atoms with E-state index in [2.05, 4.69) is 439 Å². The molecule has 22 aromatic rings. The normalized spacial score (nSPS) is 14.0. The van der Waals surface area contributed by atoms with Gasteiger partial charge in [-0.15, -0.1) is 0 Å². The molecular weight excluding hydrogens is 1510 g/mol. The third-order valence-corrected chi connectivity index (χ3v) is 30.5. The third-order valence-electron chi connectivity index (χ3n) is 30.5. The van der Waals surface area contributed by atoms with E-state index in [-0.39, 0.29) is 0 Å². The van der Waals surface area contributed by atoms with Crippen molar-refractivity contribution in [2.24, 2.45) is 0 Å². The molecular formula is C126H78. The minimum atomic E-state index is -0.925. The van der Waals surface area contributed by atoms with Gasteiger partial charge in [0.1, 0.15) is 0 Å². The van der Waals surface area contributed by atoms with Gasteiger partial charge in [0.15, 0.2) is 0 Å². The Kier molecular flexibility index (Phi) is 14.2. The summed E-state index contributed by atoms with van der Waals surface area (Å²) in [5.74, 6) is 0. The standard InChI is InChI=1S/C126H78/c1-73-34-4-7-37-79(73)115-94-52-16-10-46-88(94)112(89-47-11-17-53-95(89)115)76-64-67-100-109(70-76)124(103-58-28-22-40-82(103)83-41-23-29-59-104(83)124)121-118(100)122-120(102-69-66-78(72-111(102)125(122)105-60-30-24-42-84(105)85-43-25-31-61-106(85)125)114-92-50-14-20-56-98(92)117(81-39-9-6-36-75(81)3)99-57-21-15-51-93(99)114)123-119(121)101-68-65-77(71-110(101)126(123)107-62-32-26-44-86(107)87-45-27-33-63-108(87)126)113-90-48-12-18-54-96(90)116(80-38-8-5-35-74(80)2)97-55-19-13-49-91(97)113/h4-72H,1-3H3. The summed E-state index contributed by atoms with van der Waals surface area (Å²) in [5, 5.41) is 14.9. The molecule has 0 amide bonds. The molecule has 6 aliphatic carbocycles. The van der Waals surface area contributed by atoms with Crippen LogP contribution in [0.5, 0.6) is 0 Å². The van der Waals surface area contributed by atoms with Crippen molar-refractivity contribution in [1.82, 2.24) is 0 Å². The highest BCUT2D eigenvalue weighted by atomic mass is 14.7. The molecule has 6 aliphatic rings. The van der Waals surface area contributed by atoms with Crippen LogP contribution in [0.1, 0.15) is 83.5 Å². The van der Waals surface area contributed by atoms with E-state index >= 15 is 0 Å². The Morgan fingerprint density at radius 3 is 0.492 bits per heavy atom. The van der Waals surface area contributed by atoms with E-state index < -0.39 is 16.2 Å². The summed E-state index contributed by atoms with van der Waals surface area (Å²) < 4.78 is 0. The van der Waals surface area contributed by atoms with Gasteiger partial charge in [-0.1, -0.05) is 400 Å². The lowest BCUT2D eigenvalue weighted by Gasteiger charge is -2.37. The predicted octanol–water partition coefficient (Wildman–Crippen LogP) is 32.6. The van der Waals surface area contributed by atoms with Crippen LogP contribution in [0.4, 0.5) is 0 Å². The van der Waals surface area contributed by atoms with E-state index in [0.29, 0.717) is 0 Å². The van der Waals surface area contributed by atoms with E-state index in [1.807, 2.05) is 0 Å². The molecule has 28 rings (SSSR count). The summed E-state index contributed by atoms with van der Waals surface area (Å²) in [6, 6.07) is 164. The van der Waals surface area contributed by atoms with Gasteiger partial charge in [0.2, 0.25) is 0 Å². The Morgan fingerprint density at radius 2 is 0.294 bits per heavy atom. The van der Waals surface area contributed by atoms with Gasteiger partial charge in [0.25, 0.3) is 0 Å². The molecule has 0 nitrogen and oxygen atoms in total. The van der Waals surface area contributed by atoms with Crippen LogP contribution in [-0.2, 0) is 16.2 Å². The Balaban J connectivity index is 0.844. The summed E-state index contributed by atoms with van der Waals surface area (Å²) in [5.41, 5.74) is 47.1. The van der Waals surface area contributed by atoms with Crippen molar-refractivity contribution in [3.05, 3.63) is 502 Å². The molecule has 0 heteroatoms. The van der Waals surface area contributed by atoms with Gasteiger partial charge in [-0.05, 0) is 321 Å². The fourth-order valence-electron chi connectivity index (χ4n) is 25.9. The molecule has 3 spiro atoms. The Hall–Kier alpha value is -15.6. The zero-order valence-corrected chi connectivity index (χ0v) is 69.8. The van der Waals surface area contributed by atoms with Crippen LogP contribution in [0, 0.1) is 20.8 Å². The fraction of sp³-hybridized carbons (Fsp3) is 0.0476. The average molecular weight is 1590 g/mol. The number of hydrogen-bond acceptors (Lipinski definition) is 0. The van der Waals surface area contributed by atoms with Crippen LogP contribution in [0.25, 0.3) is 198 Å². The molecule has 0 saturated heterocycles. The lowest BCUT2D eigenvalue weighted by atomic mass is 9.63. The molecule has 0 radical (unpaired) electrons. The molecule has 0 bridgehead atoms. The highest BCUT2D eigenvalue weighted by molar-refractivity contribution is 6.26. The largest absolute Gasteiger partial charge is 0.0731 e. The van der Waals surface area contributed by atoms with Crippen LogP contribution in [0.3, 0.4) is 0 Å². The Labute approximate surface area is 732 Å². The van der Waals surface area contributed by atoms with Crippen molar-refractivity contribution >= 4 is 64.6 Å². The maximum absolute atomic E-state index is 2.72. The summed E-state index contributed by atoms with van der Waals surface area (Å²) in [4.78, 5) is 0. The third kappa shape index (κ3) is 8.64. The average Bonchev–Trinajstić information content (AvgIpc) is 1.45. The van der Waals surface area contributed by atoms with Crippen molar-refractivity contribution < 1.29 is 0 Å². The van der Waals surface area contributed by atoms with E-state index in [1.54, 1.807) is 0 Å². The van der Waals surface area contributed by atoms with Gasteiger partial charge in [0.05, 0.1) is 16.2 Å². The molecule has 0 atom stereocenters. The van der Waals surface area contributed by atoms with Gasteiger partial charge >= 0.3 is 0 Å². The Bertz CT molecular complexity index is 7580. The van der Waals surface area contributed by atoms with Crippen molar-refractivity contribution in [1.29, 1.82) is 0 Å². The van der Waals surface area contributed by atoms with Gasteiger partial charge < -0.3 is 0 Å². The van der Waals surface area contributed by atoms with Gasteiger partial charge in [-0.3, -0.25) is 0 Å². The maximum Gasteiger partial charge on any atom is 0.0731 e. The highest BCUT2D eigenvalue weighted by Crippen LogP contribution is 2.78. The maximum atomic E-state index is 2.72. The molecule has 0 aromatic heterocycles. The molecule has 0 saturated carbocycles. The van der Waals surface area contributed by atoms with Crippen LogP contribution in [0.2, 0.25) is 0 Å². The Morgan fingerprint density at radius 1 is 0.127 bits per heavy atom. The second-order valence-corrected chi connectivity index (χ2v) is 36.0. The first-order valence-electron chi connectivity index (χ1n) is 44.6. The molecule has 582 valence electrons. The second kappa shape index (κ2) is 25.5. The fourth-order valence-corrected chi connectivity index (χ4v) is 25.9. The van der Waals surface area contributed by atoms with E-state index in [9.17, 15) is 0 Å². The number of benzene rings is 22. The number of fused-ring (bicyclic) bond motifs is 39. The quantitative estimate of drug-likeness (QED) is 0.146. The zero-order valence-electron chi connectivity index (χ0n) is 69.8. The summed E-state index contributed by atoms with van der Waals surface area (Å²) in [6.07, 6.45) is 0. The van der Waals surface area contributed by atoms with E-state index in [4.69, 9.17) is 0 Å². The monoisotopic (exact) mass is 1590 g/mol. The molecule has 0 unspecified atom stereocenters. The lowest BCUT2D eigenvalue weighted by Crippen LogP contribution is -2.31. The van der Waals surface area contributed by atoms with E-state index in [1.165, 1.54) is 282 Å². The summed E-state index contributed by atoms with van der Waals surface area (Å²) in [6.45, 7) is 6.81. The first-order chi connectivity index (χ1) is 62.3. The van der Waals surface area contributed by atoms with E-state index in [0.717, 1.165) is 0 Å². The van der Waals surface area contributed by atoms with Gasteiger partial charge in [-0.25, -0.2) is 0 Å². The zero-order chi connectivity index (χ0) is 82.7. The first-order valence-corrected chi connectivity index (χ1v) is 44.6. The van der Waals surface area contributed by atoms with Crippen LogP contribution >= 0.6 is 0 Å². The van der Waals surface area contributed by atoms with Crippen molar-refractivity contribution in [3.63, 3.8) is 0 Å².